The molecule has 0 bridgehead atoms. The number of hydrogen-bond acceptors (Lipinski definition) is 3. The summed E-state index contributed by atoms with van der Waals surface area (Å²) in [5.74, 6) is 0.948. The molecule has 1 unspecified atom stereocenters. The molecule has 0 aliphatic heterocycles. The van der Waals surface area contributed by atoms with Gasteiger partial charge in [-0.25, -0.2) is 4.98 Å². The Labute approximate surface area is 111 Å². The van der Waals surface area contributed by atoms with Gasteiger partial charge in [0.05, 0.1) is 26.3 Å². The molecule has 3 rings (SSSR count). The van der Waals surface area contributed by atoms with Crippen LogP contribution in [0, 0.1) is 0 Å². The fourth-order valence-electron chi connectivity index (χ4n) is 1.73. The van der Waals surface area contributed by atoms with Crippen molar-refractivity contribution in [2.24, 2.45) is 0 Å². The smallest absolute Gasteiger partial charge is 0.117 e. The van der Waals surface area contributed by atoms with Crippen molar-refractivity contribution in [1.29, 1.82) is 0 Å². The number of hydrogen-bond donors (Lipinski definition) is 0. The lowest BCUT2D eigenvalue weighted by molar-refractivity contribution is 0.507. The second-order valence-electron chi connectivity index (χ2n) is 3.76. The second kappa shape index (κ2) is 4.63. The first kappa shape index (κ1) is 11.0. The van der Waals surface area contributed by atoms with Crippen molar-refractivity contribution in [1.82, 2.24) is 4.98 Å². The average Bonchev–Trinajstić information content (AvgIpc) is 2.97. The summed E-state index contributed by atoms with van der Waals surface area (Å²) in [5, 5.41) is 1.13. The van der Waals surface area contributed by atoms with E-state index < -0.39 is 0 Å². The van der Waals surface area contributed by atoms with E-state index in [9.17, 15) is 0 Å². The van der Waals surface area contributed by atoms with Crippen molar-refractivity contribution in [3.63, 3.8) is 0 Å². The summed E-state index contributed by atoms with van der Waals surface area (Å²) in [4.78, 5) is 4.80. The van der Waals surface area contributed by atoms with Gasteiger partial charge in [-0.15, -0.1) is 11.3 Å². The average molecular weight is 308 g/mol. The van der Waals surface area contributed by atoms with Gasteiger partial charge in [-0.3, -0.25) is 0 Å². The molecule has 1 aromatic carbocycles. The van der Waals surface area contributed by atoms with Crippen LogP contribution in [0.25, 0.3) is 10.2 Å². The maximum atomic E-state index is 5.37. The number of rotatable bonds is 3. The predicted molar refractivity (Wildman–Crippen MR) is 73.7 cm³/mol. The molecule has 0 saturated heterocycles. The Bertz CT molecular complexity index is 584. The molecule has 0 fully saturated rings. The van der Waals surface area contributed by atoms with Gasteiger partial charge in [0.25, 0.3) is 0 Å². The number of furan rings is 1. The summed E-state index contributed by atoms with van der Waals surface area (Å²) in [6.45, 7) is 0. The van der Waals surface area contributed by atoms with Gasteiger partial charge in [-0.1, -0.05) is 28.1 Å². The minimum Gasteiger partial charge on any atom is -0.468 e. The first-order valence-electron chi connectivity index (χ1n) is 5.35. The van der Waals surface area contributed by atoms with Crippen molar-refractivity contribution >= 4 is 37.5 Å². The molecule has 4 heteroatoms. The highest BCUT2D eigenvalue weighted by atomic mass is 79.9. The van der Waals surface area contributed by atoms with Crippen LogP contribution in [0.15, 0.2) is 47.1 Å². The highest BCUT2D eigenvalue weighted by molar-refractivity contribution is 9.09. The first-order chi connectivity index (χ1) is 8.33. The number of alkyl halides is 1. The molecule has 0 radical (unpaired) electrons. The lowest BCUT2D eigenvalue weighted by atomic mass is 10.2. The van der Waals surface area contributed by atoms with Gasteiger partial charge >= 0.3 is 0 Å². The highest BCUT2D eigenvalue weighted by Crippen LogP contribution is 2.30. The molecule has 86 valence electrons. The predicted octanol–water partition coefficient (Wildman–Crippen LogP) is 4.57. The zero-order chi connectivity index (χ0) is 11.7. The molecule has 2 heterocycles. The molecule has 0 aliphatic carbocycles. The lowest BCUT2D eigenvalue weighted by Crippen LogP contribution is -1.92. The van der Waals surface area contributed by atoms with Crippen LogP contribution in [0.2, 0.25) is 0 Å². The Morgan fingerprint density at radius 2 is 2.12 bits per heavy atom. The Morgan fingerprint density at radius 1 is 1.24 bits per heavy atom. The van der Waals surface area contributed by atoms with Crippen LogP contribution in [-0.2, 0) is 6.42 Å². The van der Waals surface area contributed by atoms with Crippen molar-refractivity contribution in [3.05, 3.63) is 53.4 Å². The number of fused-ring (bicyclic) bond motifs is 1. The Morgan fingerprint density at radius 3 is 2.88 bits per heavy atom. The second-order valence-corrected chi connectivity index (χ2v) is 5.98. The van der Waals surface area contributed by atoms with Crippen LogP contribution in [0.1, 0.15) is 15.6 Å². The fourth-order valence-corrected chi connectivity index (χ4v) is 3.52. The molecule has 0 amide bonds. The maximum absolute atomic E-state index is 5.37. The summed E-state index contributed by atoms with van der Waals surface area (Å²) < 4.78 is 6.61. The molecule has 2 aromatic heterocycles. The van der Waals surface area contributed by atoms with E-state index in [-0.39, 0.29) is 4.83 Å². The van der Waals surface area contributed by atoms with E-state index >= 15 is 0 Å². The van der Waals surface area contributed by atoms with Crippen LogP contribution >= 0.6 is 27.3 Å². The summed E-state index contributed by atoms with van der Waals surface area (Å²) in [6, 6.07) is 12.1. The van der Waals surface area contributed by atoms with Gasteiger partial charge < -0.3 is 4.42 Å². The van der Waals surface area contributed by atoms with Crippen molar-refractivity contribution in [2.45, 2.75) is 11.2 Å². The maximum Gasteiger partial charge on any atom is 0.117 e. The van der Waals surface area contributed by atoms with Crippen LogP contribution in [0.5, 0.6) is 0 Å². The molecule has 0 aliphatic rings. The van der Waals surface area contributed by atoms with E-state index in [2.05, 4.69) is 27.0 Å². The van der Waals surface area contributed by atoms with Crippen molar-refractivity contribution in [2.75, 3.05) is 0 Å². The topological polar surface area (TPSA) is 26.0 Å². The molecular weight excluding hydrogens is 298 g/mol. The van der Waals surface area contributed by atoms with Gasteiger partial charge in [0.15, 0.2) is 0 Å². The van der Waals surface area contributed by atoms with Gasteiger partial charge in [0.1, 0.15) is 5.76 Å². The van der Waals surface area contributed by atoms with E-state index in [1.165, 1.54) is 4.70 Å². The number of nitrogens with zero attached hydrogens (tertiary/aromatic N) is 1. The Balaban J connectivity index is 1.85. The normalized spacial score (nSPS) is 13.0. The number of benzene rings is 1. The van der Waals surface area contributed by atoms with Crippen LogP contribution < -0.4 is 0 Å². The van der Waals surface area contributed by atoms with E-state index in [0.29, 0.717) is 0 Å². The number of halogens is 1. The molecule has 3 aromatic rings. The molecule has 0 N–H and O–H groups in total. The van der Waals surface area contributed by atoms with Crippen LogP contribution in [0.3, 0.4) is 0 Å². The van der Waals surface area contributed by atoms with Gasteiger partial charge in [0, 0.05) is 6.42 Å². The molecule has 0 saturated carbocycles. The quantitative estimate of drug-likeness (QED) is 0.663. The first-order valence-corrected chi connectivity index (χ1v) is 7.08. The SMILES string of the molecule is BrC(Cc1nc2ccccc2s1)c1ccco1. The minimum absolute atomic E-state index is 0.193. The van der Waals surface area contributed by atoms with E-state index in [1.54, 1.807) is 17.6 Å². The third kappa shape index (κ3) is 2.28. The standard InChI is InChI=1S/C13H10BrNOS/c14-9(11-5-3-7-16-11)8-13-15-10-4-1-2-6-12(10)17-13/h1-7,9H,8H2. The molecule has 17 heavy (non-hydrogen) atoms. The monoisotopic (exact) mass is 307 g/mol. The minimum atomic E-state index is 0.193. The van der Waals surface area contributed by atoms with Gasteiger partial charge in [0.2, 0.25) is 0 Å². The number of para-hydroxylation sites is 1. The van der Waals surface area contributed by atoms with E-state index in [0.717, 1.165) is 22.7 Å². The zero-order valence-corrected chi connectivity index (χ0v) is 11.4. The van der Waals surface area contributed by atoms with Crippen molar-refractivity contribution < 1.29 is 4.42 Å². The molecule has 0 spiro atoms. The summed E-state index contributed by atoms with van der Waals surface area (Å²) >= 11 is 5.37. The number of thiazole rings is 1. The Kier molecular flexibility index (Phi) is 2.99. The highest BCUT2D eigenvalue weighted by Gasteiger charge is 2.13. The number of aromatic nitrogens is 1. The third-order valence-electron chi connectivity index (χ3n) is 2.54. The molecular formula is C13H10BrNOS. The van der Waals surface area contributed by atoms with E-state index in [4.69, 9.17) is 4.42 Å². The largest absolute Gasteiger partial charge is 0.468 e. The van der Waals surface area contributed by atoms with E-state index in [1.807, 2.05) is 30.3 Å². The molecule has 2 nitrogen and oxygen atoms in total. The summed E-state index contributed by atoms with van der Waals surface area (Å²) in [7, 11) is 0. The van der Waals surface area contributed by atoms with Crippen LogP contribution in [-0.4, -0.2) is 4.98 Å². The summed E-state index contributed by atoms with van der Waals surface area (Å²) in [6.07, 6.45) is 2.55. The Hall–Kier alpha value is -1.13. The van der Waals surface area contributed by atoms with Crippen LogP contribution in [0.4, 0.5) is 0 Å². The zero-order valence-electron chi connectivity index (χ0n) is 8.97. The third-order valence-corrected chi connectivity index (χ3v) is 4.38. The fraction of sp³-hybridized carbons (Fsp3) is 0.154. The van der Waals surface area contributed by atoms with Gasteiger partial charge in [-0.05, 0) is 24.3 Å². The lowest BCUT2D eigenvalue weighted by Gasteiger charge is -2.02. The van der Waals surface area contributed by atoms with Gasteiger partial charge in [-0.2, -0.15) is 0 Å². The van der Waals surface area contributed by atoms with Crippen molar-refractivity contribution in [3.8, 4) is 0 Å². The molecule has 1 atom stereocenters. The summed E-state index contributed by atoms with van der Waals surface area (Å²) in [5.41, 5.74) is 1.08.